The molecular formula is C7H10ClNO4. The zero-order valence-electron chi connectivity index (χ0n) is 7.13. The fraction of sp³-hybridized carbons (Fsp3) is 0.571. The van der Waals surface area contributed by atoms with E-state index in [0.29, 0.717) is 0 Å². The van der Waals surface area contributed by atoms with Crippen LogP contribution < -0.4 is 5.32 Å². The highest BCUT2D eigenvalue weighted by Gasteiger charge is 2.12. The minimum absolute atomic E-state index is 0.204. The van der Waals surface area contributed by atoms with Crippen molar-refractivity contribution >= 4 is 29.4 Å². The molecule has 1 N–H and O–H groups in total. The largest absolute Gasteiger partial charge is 0.466 e. The fourth-order valence-electron chi connectivity index (χ4n) is 0.576. The van der Waals surface area contributed by atoms with Gasteiger partial charge < -0.3 is 4.74 Å². The normalized spacial score (nSPS) is 9.08. The summed E-state index contributed by atoms with van der Waals surface area (Å²) in [4.78, 5) is 32.0. The number of alkyl halides is 1. The summed E-state index contributed by atoms with van der Waals surface area (Å²) in [5.74, 6) is -2.31. The highest BCUT2D eigenvalue weighted by Crippen LogP contribution is 1.86. The highest BCUT2D eigenvalue weighted by molar-refractivity contribution is 6.28. The Morgan fingerprint density at radius 1 is 1.31 bits per heavy atom. The van der Waals surface area contributed by atoms with Crippen molar-refractivity contribution in [2.45, 2.75) is 13.3 Å². The average Bonchev–Trinajstić information content (AvgIpc) is 2.04. The summed E-state index contributed by atoms with van der Waals surface area (Å²) in [6.07, 6.45) is -0.462. The van der Waals surface area contributed by atoms with E-state index in [0.717, 1.165) is 0 Å². The number of carbonyl (C=O) groups is 3. The molecule has 2 amide bonds. The van der Waals surface area contributed by atoms with Gasteiger partial charge in [0.25, 0.3) is 0 Å². The van der Waals surface area contributed by atoms with E-state index in [9.17, 15) is 14.4 Å². The van der Waals surface area contributed by atoms with Crippen LogP contribution in [0.1, 0.15) is 13.3 Å². The topological polar surface area (TPSA) is 72.5 Å². The van der Waals surface area contributed by atoms with E-state index in [4.69, 9.17) is 11.6 Å². The van der Waals surface area contributed by atoms with E-state index in [1.807, 2.05) is 5.32 Å². The van der Waals surface area contributed by atoms with E-state index in [2.05, 4.69) is 4.74 Å². The van der Waals surface area contributed by atoms with Crippen molar-refractivity contribution in [3.63, 3.8) is 0 Å². The molecule has 0 aliphatic rings. The number of nitrogens with one attached hydrogen (secondary N) is 1. The summed E-state index contributed by atoms with van der Waals surface area (Å²) >= 11 is 5.11. The number of ether oxygens (including phenoxy) is 1. The smallest absolute Gasteiger partial charge is 0.315 e. The second-order valence-electron chi connectivity index (χ2n) is 2.09. The van der Waals surface area contributed by atoms with Crippen LogP contribution in [0.4, 0.5) is 0 Å². The lowest BCUT2D eigenvalue weighted by Gasteiger charge is -2.01. The second-order valence-corrected chi connectivity index (χ2v) is 2.35. The molecule has 0 aromatic heterocycles. The van der Waals surface area contributed by atoms with Gasteiger partial charge in [0.05, 0.1) is 6.61 Å². The van der Waals surface area contributed by atoms with Gasteiger partial charge in [-0.1, -0.05) is 0 Å². The van der Waals surface area contributed by atoms with Gasteiger partial charge in [-0.2, -0.15) is 0 Å². The number of esters is 1. The Morgan fingerprint density at radius 3 is 2.38 bits per heavy atom. The summed E-state index contributed by atoms with van der Waals surface area (Å²) in [5, 5.41) is 1.91. The predicted molar refractivity (Wildman–Crippen MR) is 45.1 cm³/mol. The van der Waals surface area contributed by atoms with Crippen LogP contribution in [0.2, 0.25) is 0 Å². The Bertz CT molecular complexity index is 217. The summed E-state index contributed by atoms with van der Waals surface area (Å²) in [6, 6.07) is 0. The zero-order valence-corrected chi connectivity index (χ0v) is 7.89. The lowest BCUT2D eigenvalue weighted by Crippen LogP contribution is -2.33. The molecule has 74 valence electrons. The van der Waals surface area contributed by atoms with Crippen LogP contribution in [-0.4, -0.2) is 30.3 Å². The predicted octanol–water partition coefficient (Wildman–Crippen LogP) is -0.179. The minimum Gasteiger partial charge on any atom is -0.466 e. The first-order valence-corrected chi connectivity index (χ1v) is 4.17. The third-order valence-electron chi connectivity index (χ3n) is 1.01. The number of amides is 2. The molecule has 0 saturated heterocycles. The second kappa shape index (κ2) is 6.42. The molecule has 0 heterocycles. The highest BCUT2D eigenvalue weighted by atomic mass is 35.5. The molecule has 0 saturated carbocycles. The molecule has 0 aromatic rings. The Balaban J connectivity index is 3.74. The maximum Gasteiger partial charge on any atom is 0.315 e. The van der Waals surface area contributed by atoms with Crippen molar-refractivity contribution < 1.29 is 19.1 Å². The summed E-state index contributed by atoms with van der Waals surface area (Å²) in [5.41, 5.74) is 0. The Morgan fingerprint density at radius 2 is 1.92 bits per heavy atom. The number of hydrogen-bond donors (Lipinski definition) is 1. The van der Waals surface area contributed by atoms with Gasteiger partial charge in [0, 0.05) is 0 Å². The quantitative estimate of drug-likeness (QED) is 0.394. The number of carbonyl (C=O) groups excluding carboxylic acids is 3. The molecule has 0 rings (SSSR count). The molecule has 0 unspecified atom stereocenters. The van der Waals surface area contributed by atoms with Gasteiger partial charge in [-0.15, -0.1) is 11.6 Å². The van der Waals surface area contributed by atoms with Crippen LogP contribution in [0.25, 0.3) is 0 Å². The van der Waals surface area contributed by atoms with Crippen molar-refractivity contribution in [1.82, 2.24) is 5.32 Å². The first kappa shape index (κ1) is 11.9. The molecule has 0 bridgehead atoms. The SMILES string of the molecule is CCOC(=O)CC(=O)NC(=O)CCl. The summed E-state index contributed by atoms with van der Waals surface area (Å²) in [6.45, 7) is 1.83. The first-order valence-electron chi connectivity index (χ1n) is 3.64. The monoisotopic (exact) mass is 207 g/mol. The van der Waals surface area contributed by atoms with E-state index in [1.165, 1.54) is 0 Å². The lowest BCUT2D eigenvalue weighted by molar-refractivity contribution is -0.146. The molecule has 0 aliphatic heterocycles. The molecular weight excluding hydrogens is 198 g/mol. The van der Waals surface area contributed by atoms with Gasteiger partial charge in [-0.05, 0) is 6.92 Å². The third-order valence-corrected chi connectivity index (χ3v) is 1.25. The van der Waals surface area contributed by atoms with Crippen LogP contribution in [0.3, 0.4) is 0 Å². The van der Waals surface area contributed by atoms with Gasteiger partial charge in [-0.3, -0.25) is 19.7 Å². The summed E-state index contributed by atoms with van der Waals surface area (Å²) in [7, 11) is 0. The number of hydrogen-bond acceptors (Lipinski definition) is 4. The molecule has 0 radical (unpaired) electrons. The molecule has 0 fully saturated rings. The minimum atomic E-state index is -0.705. The van der Waals surface area contributed by atoms with Crippen molar-refractivity contribution in [3.05, 3.63) is 0 Å². The Hall–Kier alpha value is -1.10. The number of rotatable bonds is 4. The number of imide groups is 1. The average molecular weight is 208 g/mol. The van der Waals surface area contributed by atoms with Crippen LogP contribution in [0.15, 0.2) is 0 Å². The van der Waals surface area contributed by atoms with Gasteiger partial charge in [0.2, 0.25) is 11.8 Å². The number of halogens is 1. The Kier molecular flexibility index (Phi) is 5.88. The fourth-order valence-corrected chi connectivity index (χ4v) is 0.643. The van der Waals surface area contributed by atoms with Gasteiger partial charge in [0.1, 0.15) is 12.3 Å². The molecule has 0 aliphatic carbocycles. The van der Waals surface area contributed by atoms with Crippen LogP contribution >= 0.6 is 11.6 Å². The summed E-state index contributed by atoms with van der Waals surface area (Å²) < 4.78 is 4.48. The van der Waals surface area contributed by atoms with E-state index >= 15 is 0 Å². The van der Waals surface area contributed by atoms with E-state index in [1.54, 1.807) is 6.92 Å². The lowest BCUT2D eigenvalue weighted by atomic mass is 10.4. The van der Waals surface area contributed by atoms with E-state index in [-0.39, 0.29) is 12.5 Å². The maximum absolute atomic E-state index is 10.8. The molecule has 0 spiro atoms. The maximum atomic E-state index is 10.8. The standard InChI is InChI=1S/C7H10ClNO4/c1-2-13-7(12)3-5(10)9-6(11)4-8/h2-4H2,1H3,(H,9,10,11). The van der Waals surface area contributed by atoms with Crippen molar-refractivity contribution in [1.29, 1.82) is 0 Å². The third kappa shape index (κ3) is 6.10. The van der Waals surface area contributed by atoms with Crippen molar-refractivity contribution in [2.75, 3.05) is 12.5 Å². The van der Waals surface area contributed by atoms with Crippen LogP contribution in [0, 0.1) is 0 Å². The molecule has 5 nitrogen and oxygen atoms in total. The zero-order chi connectivity index (χ0) is 10.3. The van der Waals surface area contributed by atoms with Crippen molar-refractivity contribution in [3.8, 4) is 0 Å². The Labute approximate surface area is 80.4 Å². The molecule has 0 atom stereocenters. The van der Waals surface area contributed by atoms with Gasteiger partial charge >= 0.3 is 5.97 Å². The van der Waals surface area contributed by atoms with E-state index < -0.39 is 24.2 Å². The first-order chi connectivity index (χ1) is 6.10. The molecule has 0 aromatic carbocycles. The molecule has 6 heteroatoms. The van der Waals surface area contributed by atoms with Crippen LogP contribution in [-0.2, 0) is 19.1 Å². The van der Waals surface area contributed by atoms with Gasteiger partial charge in [-0.25, -0.2) is 0 Å². The van der Waals surface area contributed by atoms with Crippen molar-refractivity contribution in [2.24, 2.45) is 0 Å². The van der Waals surface area contributed by atoms with Gasteiger partial charge in [0.15, 0.2) is 0 Å². The molecule has 13 heavy (non-hydrogen) atoms. The van der Waals surface area contributed by atoms with Crippen LogP contribution in [0.5, 0.6) is 0 Å².